The van der Waals surface area contributed by atoms with Crippen LogP contribution in [-0.2, 0) is 4.79 Å². The van der Waals surface area contributed by atoms with E-state index in [1.165, 1.54) is 24.3 Å². The third-order valence-electron chi connectivity index (χ3n) is 2.94. The van der Waals surface area contributed by atoms with Crippen LogP contribution in [0.25, 0.3) is 0 Å². The first-order chi connectivity index (χ1) is 10.1. The number of nitrogens with one attached hydrogen (secondary N) is 1. The zero-order valence-corrected chi connectivity index (χ0v) is 11.5. The number of nitriles is 1. The molecule has 0 radical (unpaired) electrons. The summed E-state index contributed by atoms with van der Waals surface area (Å²) in [4.78, 5) is 13.6. The summed E-state index contributed by atoms with van der Waals surface area (Å²) in [5, 5.41) is 11.7. The lowest BCUT2D eigenvalue weighted by atomic mass is 10.2. The van der Waals surface area contributed by atoms with E-state index < -0.39 is 0 Å². The molecule has 0 aliphatic rings. The Morgan fingerprint density at radius 3 is 2.57 bits per heavy atom. The first kappa shape index (κ1) is 14.5. The van der Waals surface area contributed by atoms with E-state index in [2.05, 4.69) is 11.4 Å². The number of carbonyl (C=O) groups is 1. The minimum absolute atomic E-state index is 0.0933. The Kier molecular flexibility index (Phi) is 4.52. The lowest BCUT2D eigenvalue weighted by Gasteiger charge is -2.19. The summed E-state index contributed by atoms with van der Waals surface area (Å²) in [6, 6.07) is 14.7. The number of halogens is 1. The maximum atomic E-state index is 12.8. The quantitative estimate of drug-likeness (QED) is 0.938. The van der Waals surface area contributed by atoms with E-state index in [-0.39, 0.29) is 18.3 Å². The topological polar surface area (TPSA) is 56.1 Å². The average Bonchev–Trinajstić information content (AvgIpc) is 2.49. The number of carbonyl (C=O) groups excluding carboxylic acids is 1. The van der Waals surface area contributed by atoms with E-state index in [1.54, 1.807) is 30.1 Å². The molecule has 2 aromatic rings. The first-order valence-electron chi connectivity index (χ1n) is 6.36. The van der Waals surface area contributed by atoms with Crippen LogP contribution in [0.2, 0.25) is 0 Å². The second kappa shape index (κ2) is 6.53. The molecule has 4 nitrogen and oxygen atoms in total. The fourth-order valence-electron chi connectivity index (χ4n) is 1.94. The molecule has 0 heterocycles. The highest BCUT2D eigenvalue weighted by Crippen LogP contribution is 2.18. The van der Waals surface area contributed by atoms with Crippen LogP contribution in [0.4, 0.5) is 15.8 Å². The van der Waals surface area contributed by atoms with E-state index in [9.17, 15) is 9.18 Å². The van der Waals surface area contributed by atoms with Crippen molar-refractivity contribution in [2.75, 3.05) is 23.8 Å². The molecule has 0 aliphatic heterocycles. The average molecular weight is 283 g/mol. The highest BCUT2D eigenvalue weighted by molar-refractivity contribution is 5.94. The number of likely N-dealkylation sites (N-methyl/N-ethyl adjacent to an activating group) is 1. The lowest BCUT2D eigenvalue weighted by Crippen LogP contribution is -2.30. The zero-order valence-electron chi connectivity index (χ0n) is 11.5. The Morgan fingerprint density at radius 1 is 1.24 bits per heavy atom. The summed E-state index contributed by atoms with van der Waals surface area (Å²) in [7, 11) is 1.74. The summed E-state index contributed by atoms with van der Waals surface area (Å²) < 4.78 is 12.8. The molecular formula is C16H14FN3O. The molecule has 2 aromatic carbocycles. The van der Waals surface area contributed by atoms with Gasteiger partial charge in [-0.1, -0.05) is 12.1 Å². The van der Waals surface area contributed by atoms with E-state index in [0.29, 0.717) is 16.9 Å². The van der Waals surface area contributed by atoms with Gasteiger partial charge in [0.25, 0.3) is 0 Å². The Labute approximate surface area is 122 Å². The zero-order chi connectivity index (χ0) is 15.2. The summed E-state index contributed by atoms with van der Waals surface area (Å²) in [6.45, 7) is 0.0933. The molecule has 21 heavy (non-hydrogen) atoms. The molecule has 0 unspecified atom stereocenters. The van der Waals surface area contributed by atoms with Crippen LogP contribution in [0.1, 0.15) is 5.56 Å². The fraction of sp³-hybridized carbons (Fsp3) is 0.125. The van der Waals surface area contributed by atoms with Gasteiger partial charge in [0.1, 0.15) is 11.9 Å². The van der Waals surface area contributed by atoms with Crippen LogP contribution in [0.15, 0.2) is 48.5 Å². The van der Waals surface area contributed by atoms with Gasteiger partial charge in [0.05, 0.1) is 17.8 Å². The van der Waals surface area contributed by atoms with Gasteiger partial charge in [-0.2, -0.15) is 5.26 Å². The number of anilines is 2. The van der Waals surface area contributed by atoms with Crippen molar-refractivity contribution < 1.29 is 9.18 Å². The van der Waals surface area contributed by atoms with Gasteiger partial charge in [-0.05, 0) is 36.4 Å². The summed E-state index contributed by atoms with van der Waals surface area (Å²) >= 11 is 0. The molecule has 106 valence electrons. The third-order valence-corrected chi connectivity index (χ3v) is 2.94. The van der Waals surface area contributed by atoms with Crippen molar-refractivity contribution in [3.63, 3.8) is 0 Å². The smallest absolute Gasteiger partial charge is 0.243 e. The summed E-state index contributed by atoms with van der Waals surface area (Å²) in [5.74, 6) is -0.593. The van der Waals surface area contributed by atoms with Gasteiger partial charge in [0.2, 0.25) is 5.91 Å². The number of hydrogen-bond acceptors (Lipinski definition) is 3. The highest BCUT2D eigenvalue weighted by Gasteiger charge is 2.11. The summed E-state index contributed by atoms with van der Waals surface area (Å²) in [5.41, 5.74) is 1.73. The Morgan fingerprint density at radius 2 is 1.90 bits per heavy atom. The molecule has 2 rings (SSSR count). The number of rotatable bonds is 4. The first-order valence-corrected chi connectivity index (χ1v) is 6.36. The number of hydrogen-bond donors (Lipinski definition) is 1. The van der Waals surface area contributed by atoms with Crippen molar-refractivity contribution >= 4 is 17.3 Å². The second-order valence-electron chi connectivity index (χ2n) is 4.54. The van der Waals surface area contributed by atoms with Gasteiger partial charge in [0, 0.05) is 12.7 Å². The van der Waals surface area contributed by atoms with Crippen molar-refractivity contribution in [1.82, 2.24) is 0 Å². The van der Waals surface area contributed by atoms with Crippen molar-refractivity contribution in [2.24, 2.45) is 0 Å². The minimum Gasteiger partial charge on any atom is -0.364 e. The molecular weight excluding hydrogens is 269 g/mol. The fourth-order valence-corrected chi connectivity index (χ4v) is 1.94. The van der Waals surface area contributed by atoms with Gasteiger partial charge in [-0.15, -0.1) is 0 Å². The molecule has 1 N–H and O–H groups in total. The molecule has 0 bridgehead atoms. The molecule has 0 saturated heterocycles. The number of para-hydroxylation sites is 1. The molecule has 1 amide bonds. The van der Waals surface area contributed by atoms with E-state index in [0.717, 1.165) is 0 Å². The maximum absolute atomic E-state index is 12.8. The van der Waals surface area contributed by atoms with Crippen LogP contribution >= 0.6 is 0 Å². The van der Waals surface area contributed by atoms with E-state index in [4.69, 9.17) is 5.26 Å². The highest BCUT2D eigenvalue weighted by atomic mass is 19.1. The predicted molar refractivity (Wildman–Crippen MR) is 79.5 cm³/mol. The predicted octanol–water partition coefficient (Wildman–Crippen LogP) is 2.77. The molecule has 0 atom stereocenters. The van der Waals surface area contributed by atoms with E-state index >= 15 is 0 Å². The lowest BCUT2D eigenvalue weighted by molar-refractivity contribution is -0.114. The molecule has 0 aliphatic carbocycles. The van der Waals surface area contributed by atoms with Gasteiger partial charge in [-0.3, -0.25) is 4.79 Å². The molecule has 0 spiro atoms. The standard InChI is InChI=1S/C16H14FN3O/c1-20(15-5-3-2-4-12(15)10-18)11-16(21)19-14-8-6-13(17)7-9-14/h2-9H,11H2,1H3,(H,19,21). The maximum Gasteiger partial charge on any atom is 0.243 e. The molecule has 0 fully saturated rings. The van der Waals surface area contributed by atoms with E-state index in [1.807, 2.05) is 6.07 Å². The van der Waals surface area contributed by atoms with Crippen molar-refractivity contribution in [2.45, 2.75) is 0 Å². The third kappa shape index (κ3) is 3.80. The van der Waals surface area contributed by atoms with Crippen LogP contribution in [0, 0.1) is 17.1 Å². The van der Waals surface area contributed by atoms with Crippen LogP contribution < -0.4 is 10.2 Å². The monoisotopic (exact) mass is 283 g/mol. The van der Waals surface area contributed by atoms with Crippen molar-refractivity contribution in [3.05, 3.63) is 59.9 Å². The Balaban J connectivity index is 2.02. The second-order valence-corrected chi connectivity index (χ2v) is 4.54. The summed E-state index contributed by atoms with van der Waals surface area (Å²) in [6.07, 6.45) is 0. The normalized spacial score (nSPS) is 9.76. The number of amides is 1. The van der Waals surface area contributed by atoms with Crippen LogP contribution in [0.3, 0.4) is 0 Å². The van der Waals surface area contributed by atoms with Gasteiger partial charge < -0.3 is 10.2 Å². The minimum atomic E-state index is -0.354. The van der Waals surface area contributed by atoms with Gasteiger partial charge >= 0.3 is 0 Å². The Hall–Kier alpha value is -2.87. The molecule has 5 heteroatoms. The largest absolute Gasteiger partial charge is 0.364 e. The number of nitrogens with zero attached hydrogens (tertiary/aromatic N) is 2. The van der Waals surface area contributed by atoms with Crippen molar-refractivity contribution in [3.8, 4) is 6.07 Å². The van der Waals surface area contributed by atoms with Crippen molar-refractivity contribution in [1.29, 1.82) is 5.26 Å². The Bertz CT molecular complexity index is 677. The molecule has 0 saturated carbocycles. The van der Waals surface area contributed by atoms with Crippen LogP contribution in [-0.4, -0.2) is 19.5 Å². The van der Waals surface area contributed by atoms with Crippen LogP contribution in [0.5, 0.6) is 0 Å². The van der Waals surface area contributed by atoms with Gasteiger partial charge in [0.15, 0.2) is 0 Å². The number of benzene rings is 2. The molecule has 0 aromatic heterocycles. The SMILES string of the molecule is CN(CC(=O)Nc1ccc(F)cc1)c1ccccc1C#N. The van der Waals surface area contributed by atoms with Gasteiger partial charge in [-0.25, -0.2) is 4.39 Å².